The van der Waals surface area contributed by atoms with E-state index in [1.807, 2.05) is 13.8 Å². The van der Waals surface area contributed by atoms with E-state index in [-0.39, 0.29) is 23.3 Å². The number of unbranched alkanes of at least 4 members (excludes halogenated alkanes) is 1. The van der Waals surface area contributed by atoms with E-state index >= 15 is 0 Å². The van der Waals surface area contributed by atoms with Gasteiger partial charge in [-0.2, -0.15) is 0 Å². The molecule has 3 amide bonds. The van der Waals surface area contributed by atoms with Crippen molar-refractivity contribution in [3.05, 3.63) is 90.3 Å². The summed E-state index contributed by atoms with van der Waals surface area (Å²) in [6.45, 7) is 6.55. The lowest BCUT2D eigenvalue weighted by atomic mass is 9.88. The lowest BCUT2D eigenvalue weighted by Crippen LogP contribution is -2.39. The Labute approximate surface area is 240 Å². The molecule has 0 saturated carbocycles. The molecule has 7 heteroatoms. The average Bonchev–Trinajstić information content (AvgIpc) is 2.93. The SMILES string of the molecule is CC/C=C\C/C=C\C/C=C\C/C=C\C/C=C\CCCC(=O)NCCNC(=O)[C@H](c1ncccc1C(N)=O)C(C)C. The first-order chi connectivity index (χ1) is 19.4. The molecule has 218 valence electrons. The van der Waals surface area contributed by atoms with Crippen LogP contribution in [0.1, 0.15) is 94.1 Å². The fraction of sp³-hybridized carbons (Fsp3) is 0.455. The van der Waals surface area contributed by atoms with E-state index in [9.17, 15) is 14.4 Å². The van der Waals surface area contributed by atoms with Gasteiger partial charge in [0.05, 0.1) is 17.2 Å². The molecule has 1 aromatic rings. The Morgan fingerprint density at radius 2 is 1.40 bits per heavy atom. The number of nitrogens with two attached hydrogens (primary N) is 1. The predicted molar refractivity (Wildman–Crippen MR) is 165 cm³/mol. The monoisotopic (exact) mass is 548 g/mol. The molecule has 4 N–H and O–H groups in total. The van der Waals surface area contributed by atoms with Gasteiger partial charge in [0, 0.05) is 25.7 Å². The molecule has 0 aliphatic rings. The number of hydrogen-bond donors (Lipinski definition) is 3. The molecule has 0 bridgehead atoms. The second-order valence-electron chi connectivity index (χ2n) is 9.76. The van der Waals surface area contributed by atoms with Crippen LogP contribution in [0.5, 0.6) is 0 Å². The Balaban J connectivity index is 2.18. The zero-order valence-electron chi connectivity index (χ0n) is 24.5. The smallest absolute Gasteiger partial charge is 0.250 e. The molecule has 1 atom stereocenters. The van der Waals surface area contributed by atoms with Gasteiger partial charge in [0.2, 0.25) is 11.8 Å². The fourth-order valence-electron chi connectivity index (χ4n) is 3.95. The van der Waals surface area contributed by atoms with Gasteiger partial charge in [0.25, 0.3) is 5.91 Å². The van der Waals surface area contributed by atoms with E-state index in [1.165, 1.54) is 0 Å². The summed E-state index contributed by atoms with van der Waals surface area (Å²) < 4.78 is 0. The van der Waals surface area contributed by atoms with E-state index in [1.54, 1.807) is 18.3 Å². The van der Waals surface area contributed by atoms with Crippen molar-refractivity contribution in [3.8, 4) is 0 Å². The van der Waals surface area contributed by atoms with E-state index in [2.05, 4.69) is 83.3 Å². The van der Waals surface area contributed by atoms with Crippen LogP contribution in [0.3, 0.4) is 0 Å². The van der Waals surface area contributed by atoms with Crippen LogP contribution < -0.4 is 16.4 Å². The minimum Gasteiger partial charge on any atom is -0.366 e. The van der Waals surface area contributed by atoms with Gasteiger partial charge >= 0.3 is 0 Å². The second kappa shape index (κ2) is 22.1. The number of pyridine rings is 1. The molecule has 7 nitrogen and oxygen atoms in total. The minimum atomic E-state index is -0.613. The largest absolute Gasteiger partial charge is 0.366 e. The Morgan fingerprint density at radius 3 is 1.95 bits per heavy atom. The minimum absolute atomic E-state index is 0.0391. The fourth-order valence-corrected chi connectivity index (χ4v) is 3.95. The summed E-state index contributed by atoms with van der Waals surface area (Å²) in [5.41, 5.74) is 6.08. The molecule has 1 rings (SSSR count). The van der Waals surface area contributed by atoms with Gasteiger partial charge in [-0.3, -0.25) is 19.4 Å². The first kappa shape index (κ1) is 34.3. The third-order valence-electron chi connectivity index (χ3n) is 6.03. The van der Waals surface area contributed by atoms with Crippen LogP contribution in [0.4, 0.5) is 0 Å². The number of nitrogens with zero attached hydrogens (tertiary/aromatic N) is 1. The molecule has 0 aliphatic carbocycles. The Kier molecular flexibility index (Phi) is 19.0. The van der Waals surface area contributed by atoms with Crippen LogP contribution in [0, 0.1) is 5.92 Å². The van der Waals surface area contributed by atoms with Crippen LogP contribution >= 0.6 is 0 Å². The zero-order chi connectivity index (χ0) is 29.4. The molecule has 0 spiro atoms. The van der Waals surface area contributed by atoms with Crippen LogP contribution in [-0.2, 0) is 9.59 Å². The Hall–Kier alpha value is -3.74. The highest BCUT2D eigenvalue weighted by Crippen LogP contribution is 2.25. The number of carbonyl (C=O) groups is 3. The molecular formula is C33H48N4O3. The molecule has 0 radical (unpaired) electrons. The lowest BCUT2D eigenvalue weighted by molar-refractivity contribution is -0.124. The summed E-state index contributed by atoms with van der Waals surface area (Å²) in [7, 11) is 0. The average molecular weight is 549 g/mol. The molecular weight excluding hydrogens is 500 g/mol. The Morgan fingerprint density at radius 1 is 0.850 bits per heavy atom. The third-order valence-corrected chi connectivity index (χ3v) is 6.03. The van der Waals surface area contributed by atoms with Gasteiger partial charge in [-0.15, -0.1) is 0 Å². The summed E-state index contributed by atoms with van der Waals surface area (Å²) in [4.78, 5) is 40.9. The maximum absolute atomic E-state index is 12.8. The number of allylic oxidation sites excluding steroid dienone is 10. The first-order valence-electron chi connectivity index (χ1n) is 14.4. The third kappa shape index (κ3) is 15.6. The summed E-state index contributed by atoms with van der Waals surface area (Å²) in [5.74, 6) is -1.59. The Bertz CT molecular complexity index is 1040. The molecule has 0 saturated heterocycles. The van der Waals surface area contributed by atoms with Gasteiger partial charge in [-0.25, -0.2) is 0 Å². The molecule has 0 aliphatic heterocycles. The molecule has 0 aromatic carbocycles. The van der Waals surface area contributed by atoms with Crippen molar-refractivity contribution in [1.29, 1.82) is 0 Å². The summed E-state index contributed by atoms with van der Waals surface area (Å²) in [6, 6.07) is 3.20. The maximum atomic E-state index is 12.8. The van der Waals surface area contributed by atoms with Crippen molar-refractivity contribution >= 4 is 17.7 Å². The molecule has 1 aromatic heterocycles. The number of hydrogen-bond acceptors (Lipinski definition) is 4. The number of primary amides is 1. The highest BCUT2D eigenvalue weighted by atomic mass is 16.2. The first-order valence-corrected chi connectivity index (χ1v) is 14.4. The molecule has 0 unspecified atom stereocenters. The number of aromatic nitrogens is 1. The van der Waals surface area contributed by atoms with Crippen molar-refractivity contribution in [3.63, 3.8) is 0 Å². The van der Waals surface area contributed by atoms with Crippen molar-refractivity contribution < 1.29 is 14.4 Å². The molecule has 40 heavy (non-hydrogen) atoms. The predicted octanol–water partition coefficient (Wildman–Crippen LogP) is 6.07. The number of amides is 3. The van der Waals surface area contributed by atoms with Gasteiger partial charge < -0.3 is 16.4 Å². The quantitative estimate of drug-likeness (QED) is 0.135. The number of carbonyl (C=O) groups excluding carboxylic acids is 3. The van der Waals surface area contributed by atoms with Gasteiger partial charge in [-0.05, 0) is 63.0 Å². The van der Waals surface area contributed by atoms with Gasteiger partial charge in [0.1, 0.15) is 0 Å². The van der Waals surface area contributed by atoms with Crippen molar-refractivity contribution in [2.75, 3.05) is 13.1 Å². The van der Waals surface area contributed by atoms with Crippen molar-refractivity contribution in [2.24, 2.45) is 11.7 Å². The van der Waals surface area contributed by atoms with E-state index < -0.39 is 11.8 Å². The maximum Gasteiger partial charge on any atom is 0.250 e. The summed E-state index contributed by atoms with van der Waals surface area (Å²) >= 11 is 0. The van der Waals surface area contributed by atoms with E-state index in [0.717, 1.165) is 44.9 Å². The summed E-state index contributed by atoms with van der Waals surface area (Å²) in [6.07, 6.45) is 30.2. The van der Waals surface area contributed by atoms with Gasteiger partial charge in [-0.1, -0.05) is 81.5 Å². The van der Waals surface area contributed by atoms with Crippen molar-refractivity contribution in [1.82, 2.24) is 15.6 Å². The molecule has 0 fully saturated rings. The highest BCUT2D eigenvalue weighted by molar-refractivity contribution is 5.96. The van der Waals surface area contributed by atoms with Crippen LogP contribution in [0.15, 0.2) is 79.1 Å². The number of rotatable bonds is 20. The number of nitrogens with one attached hydrogen (secondary N) is 2. The molecule has 1 heterocycles. The van der Waals surface area contributed by atoms with E-state index in [4.69, 9.17) is 5.73 Å². The van der Waals surface area contributed by atoms with E-state index in [0.29, 0.717) is 25.2 Å². The van der Waals surface area contributed by atoms with Crippen LogP contribution in [-0.4, -0.2) is 35.8 Å². The second-order valence-corrected chi connectivity index (χ2v) is 9.76. The topological polar surface area (TPSA) is 114 Å². The van der Waals surface area contributed by atoms with Gasteiger partial charge in [0.15, 0.2) is 0 Å². The lowest BCUT2D eigenvalue weighted by Gasteiger charge is -2.21. The zero-order valence-corrected chi connectivity index (χ0v) is 24.5. The van der Waals surface area contributed by atoms with Crippen LogP contribution in [0.25, 0.3) is 0 Å². The standard InChI is InChI=1S/C33H48N4O3/c1-4-5-6-7-8-9-10-11-12-13-14-15-16-17-18-19-20-23-29(38)35-25-26-37-33(40)30(27(2)3)31-28(32(34)39)22-21-24-36-31/h5-6,8-9,11-12,14-15,17-18,21-22,24,27,30H,4,7,10,13,16,19-20,23,25-26H2,1-3H3,(H2,34,39)(H,35,38)(H,37,40)/b6-5-,9-8-,12-11-,15-14-,18-17-/t30-/m0/s1. The van der Waals surface area contributed by atoms with Crippen LogP contribution in [0.2, 0.25) is 0 Å². The highest BCUT2D eigenvalue weighted by Gasteiger charge is 2.28. The normalized spacial score (nSPS) is 12.9. The van der Waals surface area contributed by atoms with Crippen molar-refractivity contribution in [2.45, 2.75) is 78.1 Å². The summed E-state index contributed by atoms with van der Waals surface area (Å²) in [5, 5.41) is 5.68.